The van der Waals surface area contributed by atoms with Crippen molar-refractivity contribution in [2.24, 2.45) is 0 Å². The van der Waals surface area contributed by atoms with Gasteiger partial charge in [-0.1, -0.05) is 37.5 Å². The van der Waals surface area contributed by atoms with Gasteiger partial charge in [-0.3, -0.25) is 14.4 Å². The normalized spacial score (nSPS) is 20.0. The molecule has 1 heterocycles. The van der Waals surface area contributed by atoms with Gasteiger partial charge in [0.1, 0.15) is 5.54 Å². The summed E-state index contributed by atoms with van der Waals surface area (Å²) in [6.07, 6.45) is 5.89. The minimum absolute atomic E-state index is 0.0439. The van der Waals surface area contributed by atoms with Crippen molar-refractivity contribution in [2.75, 3.05) is 13.1 Å². The lowest BCUT2D eigenvalue weighted by Gasteiger charge is -2.39. The summed E-state index contributed by atoms with van der Waals surface area (Å²) in [5.41, 5.74) is -0.0621. The van der Waals surface area contributed by atoms with E-state index in [2.05, 4.69) is 10.6 Å². The molecule has 1 saturated heterocycles. The van der Waals surface area contributed by atoms with Crippen molar-refractivity contribution in [1.82, 2.24) is 15.5 Å². The summed E-state index contributed by atoms with van der Waals surface area (Å²) in [5.74, 6) is -0.178. The first-order chi connectivity index (χ1) is 13.0. The number of carbonyl (C=O) groups excluding carboxylic acids is 3. The van der Waals surface area contributed by atoms with E-state index in [1.54, 1.807) is 0 Å². The summed E-state index contributed by atoms with van der Waals surface area (Å²) >= 11 is 0. The van der Waals surface area contributed by atoms with Crippen molar-refractivity contribution in [3.05, 3.63) is 35.9 Å². The molecule has 1 saturated carbocycles. The highest BCUT2D eigenvalue weighted by Gasteiger charge is 2.41. The standard InChI is InChI=1S/C21H29N3O3/c1-16(25)23-21(12-6-3-7-13-21)20(27)22-18-10-14-24(15-11-18)19(26)17-8-4-2-5-9-17/h2,4-5,8-9,18H,3,6-7,10-15H2,1H3,(H,22,27)(H,23,25). The van der Waals surface area contributed by atoms with E-state index in [4.69, 9.17) is 0 Å². The summed E-state index contributed by atoms with van der Waals surface area (Å²) in [6.45, 7) is 2.73. The lowest BCUT2D eigenvalue weighted by atomic mass is 9.80. The lowest BCUT2D eigenvalue weighted by molar-refractivity contribution is -0.135. The van der Waals surface area contributed by atoms with E-state index in [1.165, 1.54) is 6.92 Å². The second-order valence-corrected chi connectivity index (χ2v) is 7.73. The topological polar surface area (TPSA) is 78.5 Å². The first-order valence-electron chi connectivity index (χ1n) is 9.94. The fourth-order valence-electron chi connectivity index (χ4n) is 4.21. The monoisotopic (exact) mass is 371 g/mol. The number of nitrogens with zero attached hydrogens (tertiary/aromatic N) is 1. The van der Waals surface area contributed by atoms with E-state index >= 15 is 0 Å². The zero-order valence-corrected chi connectivity index (χ0v) is 16.0. The van der Waals surface area contributed by atoms with Crippen molar-refractivity contribution in [1.29, 1.82) is 0 Å². The third-order valence-electron chi connectivity index (χ3n) is 5.70. The van der Waals surface area contributed by atoms with Gasteiger partial charge in [0.15, 0.2) is 0 Å². The predicted octanol–water partition coefficient (Wildman–Crippen LogP) is 2.25. The SMILES string of the molecule is CC(=O)NC1(C(=O)NC2CCN(C(=O)c3ccccc3)CC2)CCCCC1. The molecule has 1 aliphatic carbocycles. The molecule has 6 heteroatoms. The molecule has 2 N–H and O–H groups in total. The van der Waals surface area contributed by atoms with E-state index in [0.717, 1.165) is 32.1 Å². The van der Waals surface area contributed by atoms with E-state index < -0.39 is 5.54 Å². The smallest absolute Gasteiger partial charge is 0.253 e. The number of nitrogens with one attached hydrogen (secondary N) is 2. The maximum absolute atomic E-state index is 13.0. The molecule has 3 amide bonds. The Balaban J connectivity index is 1.55. The summed E-state index contributed by atoms with van der Waals surface area (Å²) in [7, 11) is 0. The largest absolute Gasteiger partial charge is 0.351 e. The van der Waals surface area contributed by atoms with Crippen LogP contribution in [0.1, 0.15) is 62.2 Å². The fourth-order valence-corrected chi connectivity index (χ4v) is 4.21. The summed E-state index contributed by atoms with van der Waals surface area (Å²) in [6, 6.07) is 9.34. The average Bonchev–Trinajstić information content (AvgIpc) is 2.69. The molecule has 0 spiro atoms. The first kappa shape index (κ1) is 19.4. The van der Waals surface area contributed by atoms with E-state index in [1.807, 2.05) is 35.2 Å². The molecule has 2 aliphatic rings. The Morgan fingerprint density at radius 3 is 2.22 bits per heavy atom. The number of hydrogen-bond donors (Lipinski definition) is 2. The van der Waals surface area contributed by atoms with Crippen LogP contribution in [0.5, 0.6) is 0 Å². The minimum Gasteiger partial charge on any atom is -0.351 e. The van der Waals surface area contributed by atoms with E-state index in [0.29, 0.717) is 31.5 Å². The number of rotatable bonds is 4. The van der Waals surface area contributed by atoms with Gasteiger partial charge >= 0.3 is 0 Å². The summed E-state index contributed by atoms with van der Waals surface area (Å²) < 4.78 is 0. The third-order valence-corrected chi connectivity index (χ3v) is 5.70. The highest BCUT2D eigenvalue weighted by molar-refractivity contribution is 5.94. The molecule has 6 nitrogen and oxygen atoms in total. The molecular formula is C21H29N3O3. The van der Waals surface area contributed by atoms with Crippen molar-refractivity contribution in [3.63, 3.8) is 0 Å². The zero-order chi connectivity index (χ0) is 19.3. The number of hydrogen-bond acceptors (Lipinski definition) is 3. The molecule has 27 heavy (non-hydrogen) atoms. The molecule has 0 aromatic heterocycles. The number of carbonyl (C=O) groups is 3. The molecule has 0 radical (unpaired) electrons. The van der Waals surface area contributed by atoms with Crippen LogP contribution in [-0.2, 0) is 9.59 Å². The highest BCUT2D eigenvalue weighted by atomic mass is 16.2. The number of likely N-dealkylation sites (tertiary alicyclic amines) is 1. The Kier molecular flexibility index (Phi) is 6.14. The first-order valence-corrected chi connectivity index (χ1v) is 9.94. The van der Waals surface area contributed by atoms with Crippen molar-refractivity contribution >= 4 is 17.7 Å². The predicted molar refractivity (Wildman–Crippen MR) is 103 cm³/mol. The molecule has 146 valence electrons. The summed E-state index contributed by atoms with van der Waals surface area (Å²) in [4.78, 5) is 39.0. The van der Waals surface area contributed by atoms with Crippen LogP contribution in [0.3, 0.4) is 0 Å². The Hall–Kier alpha value is -2.37. The van der Waals surface area contributed by atoms with Crippen LogP contribution in [0, 0.1) is 0 Å². The molecule has 0 atom stereocenters. The molecule has 0 unspecified atom stereocenters. The van der Waals surface area contributed by atoms with Crippen molar-refractivity contribution in [2.45, 2.75) is 63.5 Å². The average molecular weight is 371 g/mol. The fraction of sp³-hybridized carbons (Fsp3) is 0.571. The van der Waals surface area contributed by atoms with Gasteiger partial charge < -0.3 is 15.5 Å². The van der Waals surface area contributed by atoms with Gasteiger partial charge in [-0.2, -0.15) is 0 Å². The van der Waals surface area contributed by atoms with Gasteiger partial charge in [0.25, 0.3) is 5.91 Å². The number of benzene rings is 1. The Bertz CT molecular complexity index is 675. The molecule has 2 fully saturated rings. The van der Waals surface area contributed by atoms with Gasteiger partial charge in [-0.25, -0.2) is 0 Å². The molecule has 0 bridgehead atoms. The van der Waals surface area contributed by atoms with Crippen LogP contribution < -0.4 is 10.6 Å². The van der Waals surface area contributed by atoms with Crippen molar-refractivity contribution < 1.29 is 14.4 Å². The molecule has 3 rings (SSSR count). The highest BCUT2D eigenvalue weighted by Crippen LogP contribution is 2.29. The van der Waals surface area contributed by atoms with Crippen LogP contribution in [-0.4, -0.2) is 47.3 Å². The second kappa shape index (κ2) is 8.55. The van der Waals surface area contributed by atoms with Crippen LogP contribution in [0.4, 0.5) is 0 Å². The molecule has 1 aromatic carbocycles. The maximum atomic E-state index is 13.0. The Labute approximate surface area is 160 Å². The van der Waals surface area contributed by atoms with E-state index in [-0.39, 0.29) is 23.8 Å². The quantitative estimate of drug-likeness (QED) is 0.852. The third kappa shape index (κ3) is 4.67. The minimum atomic E-state index is -0.763. The van der Waals surface area contributed by atoms with Crippen molar-refractivity contribution in [3.8, 4) is 0 Å². The maximum Gasteiger partial charge on any atom is 0.253 e. The van der Waals surface area contributed by atoms with Crippen LogP contribution in [0.2, 0.25) is 0 Å². The number of piperidine rings is 1. The number of amides is 3. The van der Waals surface area contributed by atoms with Gasteiger partial charge in [0.2, 0.25) is 11.8 Å². The van der Waals surface area contributed by atoms with Crippen LogP contribution in [0.15, 0.2) is 30.3 Å². The summed E-state index contributed by atoms with van der Waals surface area (Å²) in [5, 5.41) is 6.06. The molecule has 1 aromatic rings. The Morgan fingerprint density at radius 1 is 1.00 bits per heavy atom. The van der Waals surface area contributed by atoms with Gasteiger partial charge in [0.05, 0.1) is 0 Å². The van der Waals surface area contributed by atoms with E-state index in [9.17, 15) is 14.4 Å². The van der Waals surface area contributed by atoms with Crippen LogP contribution in [0.25, 0.3) is 0 Å². The second-order valence-electron chi connectivity index (χ2n) is 7.73. The Morgan fingerprint density at radius 2 is 1.63 bits per heavy atom. The zero-order valence-electron chi connectivity index (χ0n) is 16.0. The van der Waals surface area contributed by atoms with Gasteiger partial charge in [0, 0.05) is 31.6 Å². The molecular weight excluding hydrogens is 342 g/mol. The van der Waals surface area contributed by atoms with Gasteiger partial charge in [-0.05, 0) is 37.8 Å². The van der Waals surface area contributed by atoms with Crippen LogP contribution >= 0.6 is 0 Å². The van der Waals surface area contributed by atoms with Gasteiger partial charge in [-0.15, -0.1) is 0 Å². The molecule has 1 aliphatic heterocycles. The lowest BCUT2D eigenvalue weighted by Crippen LogP contribution is -2.61.